The Morgan fingerprint density at radius 2 is 1.67 bits per heavy atom. The molecule has 1 heterocycles. The van der Waals surface area contributed by atoms with Gasteiger partial charge in [-0.25, -0.2) is 8.78 Å². The number of H-pyrrole nitrogens is 1. The highest BCUT2D eigenvalue weighted by Gasteiger charge is 2.41. The second-order valence-electron chi connectivity index (χ2n) is 6.44. The molecule has 2 aromatic rings. The summed E-state index contributed by atoms with van der Waals surface area (Å²) in [6.07, 6.45) is 2.11. The molecule has 1 aromatic carbocycles. The molecule has 21 heavy (non-hydrogen) atoms. The first kappa shape index (κ1) is 13.9. The smallest absolute Gasteiger partial charge is 0.160 e. The van der Waals surface area contributed by atoms with E-state index in [-0.39, 0.29) is 17.0 Å². The molecule has 0 unspecified atom stereocenters. The fraction of sp³-hybridized carbons (Fsp3) is 0.375. The second-order valence-corrected chi connectivity index (χ2v) is 6.44. The molecule has 0 atom stereocenters. The molecule has 0 saturated heterocycles. The van der Waals surface area contributed by atoms with E-state index in [0.29, 0.717) is 29.3 Å². The van der Waals surface area contributed by atoms with E-state index in [0.717, 1.165) is 12.1 Å². The molecule has 0 amide bonds. The number of ketones is 2. The quantitative estimate of drug-likeness (QED) is 0.818. The van der Waals surface area contributed by atoms with Crippen LogP contribution in [-0.4, -0.2) is 16.6 Å². The molecule has 1 aliphatic carbocycles. The van der Waals surface area contributed by atoms with E-state index in [4.69, 9.17) is 0 Å². The topological polar surface area (TPSA) is 49.9 Å². The molecule has 3 rings (SSSR count). The van der Waals surface area contributed by atoms with Crippen molar-refractivity contribution in [3.8, 4) is 0 Å². The van der Waals surface area contributed by atoms with Crippen LogP contribution in [0.5, 0.6) is 0 Å². The Balaban J connectivity index is 2.10. The Morgan fingerprint density at radius 1 is 1.10 bits per heavy atom. The molecule has 1 fully saturated rings. The highest BCUT2D eigenvalue weighted by Crippen LogP contribution is 2.40. The summed E-state index contributed by atoms with van der Waals surface area (Å²) in [5, 5.41) is 0.389. The van der Waals surface area contributed by atoms with Crippen molar-refractivity contribution in [3.63, 3.8) is 0 Å². The molecule has 3 nitrogen and oxygen atoms in total. The zero-order valence-corrected chi connectivity index (χ0v) is 11.8. The summed E-state index contributed by atoms with van der Waals surface area (Å²) in [5.41, 5.74) is 0.484. The molecular formula is C16H15F2NO2. The number of nitrogens with one attached hydrogen (secondary N) is 1. The fourth-order valence-corrected chi connectivity index (χ4v) is 3.11. The van der Waals surface area contributed by atoms with E-state index >= 15 is 0 Å². The predicted molar refractivity (Wildman–Crippen MR) is 74.0 cm³/mol. The third-order valence-corrected chi connectivity index (χ3v) is 4.02. The van der Waals surface area contributed by atoms with Gasteiger partial charge in [0.1, 0.15) is 17.5 Å². The van der Waals surface area contributed by atoms with Crippen LogP contribution in [0.3, 0.4) is 0 Å². The van der Waals surface area contributed by atoms with Crippen LogP contribution in [-0.2, 0) is 9.59 Å². The van der Waals surface area contributed by atoms with Gasteiger partial charge in [-0.3, -0.25) is 9.59 Å². The van der Waals surface area contributed by atoms with Crippen LogP contribution in [0.1, 0.15) is 38.2 Å². The summed E-state index contributed by atoms with van der Waals surface area (Å²) in [4.78, 5) is 27.4. The average Bonchev–Trinajstić information content (AvgIpc) is 2.70. The van der Waals surface area contributed by atoms with Crippen molar-refractivity contribution in [1.82, 2.24) is 4.98 Å². The highest BCUT2D eigenvalue weighted by atomic mass is 19.2. The molecule has 1 saturated carbocycles. The van der Waals surface area contributed by atoms with E-state index in [1.165, 1.54) is 6.20 Å². The van der Waals surface area contributed by atoms with Crippen molar-refractivity contribution in [2.75, 3.05) is 0 Å². The van der Waals surface area contributed by atoms with E-state index in [9.17, 15) is 18.4 Å². The Bertz CT molecular complexity index is 741. The fourth-order valence-electron chi connectivity index (χ4n) is 3.11. The molecule has 1 aliphatic rings. The van der Waals surface area contributed by atoms with Crippen LogP contribution in [0.25, 0.3) is 10.9 Å². The van der Waals surface area contributed by atoms with Crippen molar-refractivity contribution >= 4 is 22.5 Å². The highest BCUT2D eigenvalue weighted by molar-refractivity contribution is 6.12. The monoisotopic (exact) mass is 291 g/mol. The van der Waals surface area contributed by atoms with Gasteiger partial charge in [0.25, 0.3) is 0 Å². The van der Waals surface area contributed by atoms with E-state index in [2.05, 4.69) is 4.98 Å². The summed E-state index contributed by atoms with van der Waals surface area (Å²) < 4.78 is 26.7. The van der Waals surface area contributed by atoms with E-state index < -0.39 is 17.6 Å². The lowest BCUT2D eigenvalue weighted by Gasteiger charge is -2.31. The average molecular weight is 291 g/mol. The van der Waals surface area contributed by atoms with Gasteiger partial charge < -0.3 is 4.98 Å². The third-order valence-electron chi connectivity index (χ3n) is 4.02. The van der Waals surface area contributed by atoms with Gasteiger partial charge in [0.2, 0.25) is 0 Å². The number of fused-ring (bicyclic) bond motifs is 1. The Hall–Kier alpha value is -2.04. The first-order valence-electron chi connectivity index (χ1n) is 6.80. The molecule has 0 aliphatic heterocycles. The van der Waals surface area contributed by atoms with Crippen LogP contribution in [0.2, 0.25) is 0 Å². The molecule has 1 N–H and O–H groups in total. The molecule has 0 spiro atoms. The maximum absolute atomic E-state index is 13.4. The van der Waals surface area contributed by atoms with Crippen LogP contribution < -0.4 is 0 Å². The molecule has 0 radical (unpaired) electrons. The van der Waals surface area contributed by atoms with Crippen molar-refractivity contribution in [2.24, 2.45) is 5.41 Å². The van der Waals surface area contributed by atoms with Gasteiger partial charge in [0.05, 0.1) is 0 Å². The number of carbonyl (C=O) groups excluding carboxylic acids is 2. The third kappa shape index (κ3) is 2.26. The van der Waals surface area contributed by atoms with Crippen molar-refractivity contribution in [1.29, 1.82) is 0 Å². The number of halogens is 2. The van der Waals surface area contributed by atoms with Gasteiger partial charge in [0.15, 0.2) is 11.6 Å². The number of aromatic amines is 1. The maximum Gasteiger partial charge on any atom is 0.160 e. The standard InChI is InChI=1S/C16H15F2NO2/c1-16(2)5-13(20)15(14(21)6-16)9-7-19-12-4-11(18)10(17)3-8(9)12/h3-4,7,15,19H,5-6H2,1-2H3. The summed E-state index contributed by atoms with van der Waals surface area (Å²) in [7, 11) is 0. The number of benzene rings is 1. The number of carbonyl (C=O) groups is 2. The first-order valence-corrected chi connectivity index (χ1v) is 6.80. The van der Waals surface area contributed by atoms with Crippen LogP contribution in [0, 0.1) is 17.0 Å². The lowest BCUT2D eigenvalue weighted by Crippen LogP contribution is -2.35. The van der Waals surface area contributed by atoms with Crippen molar-refractivity contribution < 1.29 is 18.4 Å². The minimum atomic E-state index is -0.987. The van der Waals surface area contributed by atoms with E-state index in [1.807, 2.05) is 13.8 Å². The van der Waals surface area contributed by atoms with Gasteiger partial charge in [-0.2, -0.15) is 0 Å². The zero-order chi connectivity index (χ0) is 15.4. The van der Waals surface area contributed by atoms with Crippen molar-refractivity contribution in [3.05, 3.63) is 35.5 Å². The summed E-state index contributed by atoms with van der Waals surface area (Å²) in [5.74, 6) is -3.15. The number of rotatable bonds is 1. The molecular weight excluding hydrogens is 276 g/mol. The summed E-state index contributed by atoms with van der Waals surface area (Å²) in [6, 6.07) is 2.08. The molecule has 1 aromatic heterocycles. The van der Waals surface area contributed by atoms with Gasteiger partial charge in [-0.15, -0.1) is 0 Å². The molecule has 5 heteroatoms. The van der Waals surface area contributed by atoms with Gasteiger partial charge in [-0.1, -0.05) is 13.8 Å². The Labute approximate surface area is 120 Å². The zero-order valence-electron chi connectivity index (χ0n) is 11.8. The van der Waals surface area contributed by atoms with E-state index in [1.54, 1.807) is 0 Å². The molecule has 0 bridgehead atoms. The number of hydrogen-bond donors (Lipinski definition) is 1. The minimum Gasteiger partial charge on any atom is -0.361 e. The minimum absolute atomic E-state index is 0.165. The lowest BCUT2D eigenvalue weighted by molar-refractivity contribution is -0.135. The van der Waals surface area contributed by atoms with Gasteiger partial charge >= 0.3 is 0 Å². The number of Topliss-reactive ketones (excluding diaryl/α,β-unsaturated/α-hetero) is 2. The number of aromatic nitrogens is 1. The maximum atomic E-state index is 13.4. The SMILES string of the molecule is CC1(C)CC(=O)C(c2c[nH]c3cc(F)c(F)cc23)C(=O)C1. The summed E-state index contributed by atoms with van der Waals surface area (Å²) in [6.45, 7) is 3.76. The van der Waals surface area contributed by atoms with Gasteiger partial charge in [-0.05, 0) is 17.0 Å². The summed E-state index contributed by atoms with van der Waals surface area (Å²) >= 11 is 0. The largest absolute Gasteiger partial charge is 0.361 e. The first-order chi connectivity index (χ1) is 9.78. The Morgan fingerprint density at radius 3 is 2.29 bits per heavy atom. The predicted octanol–water partition coefficient (Wildman–Crippen LogP) is 3.49. The van der Waals surface area contributed by atoms with Crippen LogP contribution >= 0.6 is 0 Å². The van der Waals surface area contributed by atoms with Crippen molar-refractivity contribution in [2.45, 2.75) is 32.6 Å². The normalized spacial score (nSPS) is 19.4. The van der Waals surface area contributed by atoms with Crippen LogP contribution in [0.4, 0.5) is 8.78 Å². The molecule has 110 valence electrons. The van der Waals surface area contributed by atoms with Gasteiger partial charge in [0, 0.05) is 36.0 Å². The second kappa shape index (κ2) is 4.48. The Kier molecular flexibility index (Phi) is 2.97. The number of hydrogen-bond acceptors (Lipinski definition) is 2. The van der Waals surface area contributed by atoms with Crippen LogP contribution in [0.15, 0.2) is 18.3 Å². The lowest BCUT2D eigenvalue weighted by atomic mass is 9.69.